The predicted octanol–water partition coefficient (Wildman–Crippen LogP) is 3.35. The Kier molecular flexibility index (Phi) is 5.51. The molecule has 0 aliphatic carbocycles. The van der Waals surface area contributed by atoms with Gasteiger partial charge in [-0.1, -0.05) is 30.3 Å². The molecular weight excluding hydrogens is 290 g/mol. The Balaban J connectivity index is 1.50. The summed E-state index contributed by atoms with van der Waals surface area (Å²) in [4.78, 5) is 0. The minimum atomic E-state index is 0.0409. The van der Waals surface area contributed by atoms with Gasteiger partial charge in [0.15, 0.2) is 0 Å². The molecule has 0 spiro atoms. The van der Waals surface area contributed by atoms with Crippen molar-refractivity contribution in [2.75, 3.05) is 18.5 Å². The van der Waals surface area contributed by atoms with Gasteiger partial charge in [-0.2, -0.15) is 0 Å². The fraction of sp³-hybridized carbons (Fsp3) is 0.368. The van der Waals surface area contributed by atoms with E-state index >= 15 is 0 Å². The maximum Gasteiger partial charge on any atom is 0.119 e. The van der Waals surface area contributed by atoms with Gasteiger partial charge in [-0.15, -0.1) is 0 Å². The van der Waals surface area contributed by atoms with Crippen LogP contribution in [0.3, 0.4) is 0 Å². The van der Waals surface area contributed by atoms with Crippen LogP contribution in [-0.4, -0.2) is 24.4 Å². The van der Waals surface area contributed by atoms with E-state index in [4.69, 9.17) is 9.47 Å². The quantitative estimate of drug-likeness (QED) is 0.823. The summed E-state index contributed by atoms with van der Waals surface area (Å²) in [6.45, 7) is 2.23. The van der Waals surface area contributed by atoms with Gasteiger partial charge in [0, 0.05) is 24.4 Å². The number of aliphatic hydroxyl groups excluding tert-OH is 1. The molecule has 0 saturated carbocycles. The third-order valence-corrected chi connectivity index (χ3v) is 4.05. The molecule has 0 bridgehead atoms. The first-order chi connectivity index (χ1) is 11.3. The monoisotopic (exact) mass is 313 g/mol. The molecule has 3 rings (SSSR count). The van der Waals surface area contributed by atoms with Crippen LogP contribution in [0.15, 0.2) is 48.5 Å². The lowest BCUT2D eigenvalue weighted by atomic mass is 10.1. The molecule has 1 fully saturated rings. The van der Waals surface area contributed by atoms with Gasteiger partial charge in [0.25, 0.3) is 0 Å². The Morgan fingerprint density at radius 3 is 2.70 bits per heavy atom. The van der Waals surface area contributed by atoms with Crippen LogP contribution in [0.5, 0.6) is 5.75 Å². The summed E-state index contributed by atoms with van der Waals surface area (Å²) in [6, 6.07) is 15.9. The van der Waals surface area contributed by atoms with E-state index in [-0.39, 0.29) is 12.7 Å². The number of benzene rings is 2. The highest BCUT2D eigenvalue weighted by Crippen LogP contribution is 2.19. The number of anilines is 1. The van der Waals surface area contributed by atoms with Crippen molar-refractivity contribution in [1.29, 1.82) is 0 Å². The molecule has 122 valence electrons. The van der Waals surface area contributed by atoms with Crippen LogP contribution in [0, 0.1) is 0 Å². The summed E-state index contributed by atoms with van der Waals surface area (Å²) < 4.78 is 11.3. The Morgan fingerprint density at radius 1 is 1.13 bits per heavy atom. The largest absolute Gasteiger partial charge is 0.491 e. The van der Waals surface area contributed by atoms with Crippen molar-refractivity contribution in [1.82, 2.24) is 0 Å². The average molecular weight is 313 g/mol. The topological polar surface area (TPSA) is 50.7 Å². The number of hydrogen-bond acceptors (Lipinski definition) is 4. The fourth-order valence-corrected chi connectivity index (χ4v) is 2.70. The summed E-state index contributed by atoms with van der Waals surface area (Å²) in [7, 11) is 0. The molecule has 2 aromatic rings. The SMILES string of the molecule is OCc1ccccc1NCc1ccc(OC[C@@H]2CCCO2)cc1. The second kappa shape index (κ2) is 7.99. The van der Waals surface area contributed by atoms with Crippen LogP contribution < -0.4 is 10.1 Å². The lowest BCUT2D eigenvalue weighted by molar-refractivity contribution is 0.0679. The highest BCUT2D eigenvalue weighted by molar-refractivity contribution is 5.51. The molecule has 23 heavy (non-hydrogen) atoms. The second-order valence-corrected chi connectivity index (χ2v) is 5.76. The summed E-state index contributed by atoms with van der Waals surface area (Å²) >= 11 is 0. The molecule has 1 atom stereocenters. The zero-order chi connectivity index (χ0) is 15.9. The molecule has 4 heteroatoms. The number of hydrogen-bond donors (Lipinski definition) is 2. The van der Waals surface area contributed by atoms with Crippen molar-refractivity contribution in [3.63, 3.8) is 0 Å². The van der Waals surface area contributed by atoms with Crippen LogP contribution in [0.25, 0.3) is 0 Å². The first-order valence-corrected chi connectivity index (χ1v) is 8.11. The number of nitrogens with one attached hydrogen (secondary N) is 1. The zero-order valence-electron chi connectivity index (χ0n) is 13.2. The van der Waals surface area contributed by atoms with Gasteiger partial charge in [0.1, 0.15) is 12.4 Å². The van der Waals surface area contributed by atoms with Crippen molar-refractivity contribution in [3.05, 3.63) is 59.7 Å². The van der Waals surface area contributed by atoms with E-state index < -0.39 is 0 Å². The third-order valence-electron chi connectivity index (χ3n) is 4.05. The smallest absolute Gasteiger partial charge is 0.119 e. The Hall–Kier alpha value is -2.04. The molecule has 1 saturated heterocycles. The first kappa shape index (κ1) is 15.8. The minimum absolute atomic E-state index is 0.0409. The van der Waals surface area contributed by atoms with Crippen LogP contribution >= 0.6 is 0 Å². The van der Waals surface area contributed by atoms with Crippen molar-refractivity contribution in [3.8, 4) is 5.75 Å². The minimum Gasteiger partial charge on any atom is -0.491 e. The van der Waals surface area contributed by atoms with Gasteiger partial charge < -0.3 is 19.9 Å². The molecule has 2 aromatic carbocycles. The van der Waals surface area contributed by atoms with Crippen molar-refractivity contribution < 1.29 is 14.6 Å². The van der Waals surface area contributed by atoms with Crippen LogP contribution in [-0.2, 0) is 17.9 Å². The Labute approximate surface area is 137 Å². The Bertz CT molecular complexity index is 606. The molecule has 1 aliphatic heterocycles. The van der Waals surface area contributed by atoms with Gasteiger partial charge >= 0.3 is 0 Å². The van der Waals surface area contributed by atoms with E-state index in [0.29, 0.717) is 13.2 Å². The van der Waals surface area contributed by atoms with Gasteiger partial charge in [0.2, 0.25) is 0 Å². The standard InChI is InChI=1S/C19H23NO3/c21-13-16-4-1-2-6-19(16)20-12-15-7-9-17(10-8-15)23-14-18-5-3-11-22-18/h1-2,4,6-10,18,20-21H,3,5,11-14H2/t18-/m0/s1. The number of ether oxygens (including phenoxy) is 2. The first-order valence-electron chi connectivity index (χ1n) is 8.11. The molecule has 1 aliphatic rings. The third kappa shape index (κ3) is 4.47. The normalized spacial score (nSPS) is 17.2. The Morgan fingerprint density at radius 2 is 1.96 bits per heavy atom. The number of rotatable bonds is 7. The summed E-state index contributed by atoms with van der Waals surface area (Å²) in [5.41, 5.74) is 3.04. The van der Waals surface area contributed by atoms with E-state index in [9.17, 15) is 5.11 Å². The predicted molar refractivity (Wildman–Crippen MR) is 90.6 cm³/mol. The molecule has 4 nitrogen and oxygen atoms in total. The summed E-state index contributed by atoms with van der Waals surface area (Å²) in [5.74, 6) is 0.875. The van der Waals surface area contributed by atoms with Gasteiger partial charge in [0.05, 0.1) is 12.7 Å². The zero-order valence-corrected chi connectivity index (χ0v) is 13.2. The lowest BCUT2D eigenvalue weighted by Gasteiger charge is -2.13. The van der Waals surface area contributed by atoms with Crippen LogP contribution in [0.2, 0.25) is 0 Å². The molecule has 2 N–H and O–H groups in total. The maximum absolute atomic E-state index is 9.33. The van der Waals surface area contributed by atoms with Gasteiger partial charge in [-0.3, -0.25) is 0 Å². The fourth-order valence-electron chi connectivity index (χ4n) is 2.70. The van der Waals surface area contributed by atoms with E-state index in [1.165, 1.54) is 5.56 Å². The van der Waals surface area contributed by atoms with E-state index in [1.807, 2.05) is 36.4 Å². The highest BCUT2D eigenvalue weighted by Gasteiger charge is 2.15. The van der Waals surface area contributed by atoms with E-state index in [1.54, 1.807) is 0 Å². The van der Waals surface area contributed by atoms with Crippen LogP contribution in [0.1, 0.15) is 24.0 Å². The molecule has 0 amide bonds. The van der Waals surface area contributed by atoms with Crippen molar-refractivity contribution >= 4 is 5.69 Å². The highest BCUT2D eigenvalue weighted by atomic mass is 16.5. The van der Waals surface area contributed by atoms with Crippen molar-refractivity contribution in [2.24, 2.45) is 0 Å². The molecule has 0 radical (unpaired) electrons. The van der Waals surface area contributed by atoms with E-state index in [2.05, 4.69) is 17.4 Å². The van der Waals surface area contributed by atoms with E-state index in [0.717, 1.165) is 36.4 Å². The molecule has 0 aromatic heterocycles. The van der Waals surface area contributed by atoms with Crippen LogP contribution in [0.4, 0.5) is 5.69 Å². The number of para-hydroxylation sites is 1. The molecule has 0 unspecified atom stereocenters. The maximum atomic E-state index is 9.33. The average Bonchev–Trinajstić information content (AvgIpc) is 3.13. The lowest BCUT2D eigenvalue weighted by Crippen LogP contribution is -2.16. The second-order valence-electron chi connectivity index (χ2n) is 5.76. The van der Waals surface area contributed by atoms with Gasteiger partial charge in [-0.05, 0) is 36.6 Å². The molecular formula is C19H23NO3. The van der Waals surface area contributed by atoms with Gasteiger partial charge in [-0.25, -0.2) is 0 Å². The summed E-state index contributed by atoms with van der Waals surface area (Å²) in [6.07, 6.45) is 2.46. The number of aliphatic hydroxyl groups is 1. The molecule has 1 heterocycles. The van der Waals surface area contributed by atoms with Crippen molar-refractivity contribution in [2.45, 2.75) is 32.1 Å². The summed E-state index contributed by atoms with van der Waals surface area (Å²) in [5, 5.41) is 12.7.